The average Bonchev–Trinajstić information content (AvgIpc) is 2.35. The van der Waals surface area contributed by atoms with Crippen molar-refractivity contribution in [3.8, 4) is 0 Å². The van der Waals surface area contributed by atoms with Crippen molar-refractivity contribution in [3.05, 3.63) is 0 Å². The molecule has 2 N–H and O–H groups in total. The number of amides is 2. The predicted molar refractivity (Wildman–Crippen MR) is 71.1 cm³/mol. The van der Waals surface area contributed by atoms with Crippen molar-refractivity contribution in [1.82, 2.24) is 15.5 Å². The minimum Gasteiger partial charge on any atom is -0.353 e. The lowest BCUT2D eigenvalue weighted by atomic mass is 9.85. The number of rotatable bonds is 5. The van der Waals surface area contributed by atoms with Gasteiger partial charge in [0.1, 0.15) is 0 Å². The van der Waals surface area contributed by atoms with Gasteiger partial charge in [-0.25, -0.2) is 0 Å². The van der Waals surface area contributed by atoms with Crippen molar-refractivity contribution in [2.24, 2.45) is 5.92 Å². The molecule has 5 heteroatoms. The maximum Gasteiger partial charge on any atom is 0.225 e. The Bertz CT molecular complexity index is 292. The zero-order valence-electron chi connectivity index (χ0n) is 11.7. The number of nitrogens with one attached hydrogen (secondary N) is 2. The Morgan fingerprint density at radius 1 is 1.28 bits per heavy atom. The maximum absolute atomic E-state index is 11.9. The molecule has 0 radical (unpaired) electrons. The first-order valence-corrected chi connectivity index (χ1v) is 6.69. The highest BCUT2D eigenvalue weighted by molar-refractivity contribution is 5.79. The van der Waals surface area contributed by atoms with Crippen LogP contribution in [0.2, 0.25) is 0 Å². The van der Waals surface area contributed by atoms with Crippen molar-refractivity contribution in [2.75, 3.05) is 27.7 Å². The first kappa shape index (κ1) is 15.0. The van der Waals surface area contributed by atoms with Gasteiger partial charge in [0, 0.05) is 39.0 Å². The number of carbonyl (C=O) groups is 2. The largest absolute Gasteiger partial charge is 0.353 e. The third-order valence-corrected chi connectivity index (χ3v) is 3.43. The molecule has 1 aliphatic rings. The quantitative estimate of drug-likeness (QED) is 0.745. The second-order valence-electron chi connectivity index (χ2n) is 5.21. The molecule has 1 rings (SSSR count). The van der Waals surface area contributed by atoms with Gasteiger partial charge in [0.2, 0.25) is 11.8 Å². The third kappa shape index (κ3) is 4.64. The summed E-state index contributed by atoms with van der Waals surface area (Å²) in [5, 5.41) is 5.98. The number of hydrogen-bond acceptors (Lipinski definition) is 3. The lowest BCUT2D eigenvalue weighted by Gasteiger charge is -2.30. The van der Waals surface area contributed by atoms with Crippen molar-refractivity contribution in [2.45, 2.75) is 38.1 Å². The summed E-state index contributed by atoms with van der Waals surface area (Å²) >= 11 is 0. The van der Waals surface area contributed by atoms with Crippen LogP contribution in [0, 0.1) is 5.92 Å². The molecular formula is C13H25N3O2. The van der Waals surface area contributed by atoms with Crippen LogP contribution in [-0.2, 0) is 9.59 Å². The molecule has 104 valence electrons. The van der Waals surface area contributed by atoms with E-state index in [-0.39, 0.29) is 23.8 Å². The van der Waals surface area contributed by atoms with Crippen LogP contribution in [0.1, 0.15) is 32.1 Å². The van der Waals surface area contributed by atoms with Gasteiger partial charge in [-0.3, -0.25) is 9.59 Å². The van der Waals surface area contributed by atoms with E-state index in [1.54, 1.807) is 19.0 Å². The molecule has 0 saturated heterocycles. The predicted octanol–water partition coefficient (Wildman–Crippen LogP) is 0.359. The summed E-state index contributed by atoms with van der Waals surface area (Å²) < 4.78 is 0. The summed E-state index contributed by atoms with van der Waals surface area (Å²) in [4.78, 5) is 25.2. The molecule has 2 unspecified atom stereocenters. The highest BCUT2D eigenvalue weighted by Gasteiger charge is 2.28. The Hall–Kier alpha value is -1.10. The van der Waals surface area contributed by atoms with Gasteiger partial charge in [-0.15, -0.1) is 0 Å². The standard InChI is InChI=1S/C13H25N3O2/c1-14-8-7-12(17)15-11-6-4-5-10(9-11)13(18)16(2)3/h10-11,14H,4-9H2,1-3H3,(H,15,17). The van der Waals surface area contributed by atoms with Gasteiger partial charge in [0.25, 0.3) is 0 Å². The summed E-state index contributed by atoms with van der Waals surface area (Å²) in [5.74, 6) is 0.333. The number of hydrogen-bond donors (Lipinski definition) is 2. The molecule has 0 aliphatic heterocycles. The molecule has 1 aliphatic carbocycles. The van der Waals surface area contributed by atoms with Gasteiger partial charge in [-0.05, 0) is 26.3 Å². The SMILES string of the molecule is CNCCC(=O)NC1CCCC(C(=O)N(C)C)C1. The highest BCUT2D eigenvalue weighted by atomic mass is 16.2. The summed E-state index contributed by atoms with van der Waals surface area (Å²) in [6.45, 7) is 0.693. The lowest BCUT2D eigenvalue weighted by Crippen LogP contribution is -2.42. The van der Waals surface area contributed by atoms with Crippen molar-refractivity contribution in [3.63, 3.8) is 0 Å². The van der Waals surface area contributed by atoms with E-state index < -0.39 is 0 Å². The Morgan fingerprint density at radius 2 is 2.00 bits per heavy atom. The van der Waals surface area contributed by atoms with E-state index in [0.717, 1.165) is 25.7 Å². The molecule has 0 aromatic carbocycles. The molecule has 0 aromatic rings. The second kappa shape index (κ2) is 7.36. The fraction of sp³-hybridized carbons (Fsp3) is 0.846. The van der Waals surface area contributed by atoms with Crippen LogP contribution in [0.4, 0.5) is 0 Å². The number of nitrogens with zero attached hydrogens (tertiary/aromatic N) is 1. The van der Waals surface area contributed by atoms with E-state index in [2.05, 4.69) is 10.6 Å². The van der Waals surface area contributed by atoms with Crippen molar-refractivity contribution < 1.29 is 9.59 Å². The fourth-order valence-electron chi connectivity index (χ4n) is 2.45. The van der Waals surface area contributed by atoms with E-state index in [1.807, 2.05) is 7.05 Å². The zero-order chi connectivity index (χ0) is 13.5. The lowest BCUT2D eigenvalue weighted by molar-refractivity contribution is -0.134. The molecule has 0 heterocycles. The first-order chi connectivity index (χ1) is 8.54. The Morgan fingerprint density at radius 3 is 2.61 bits per heavy atom. The van der Waals surface area contributed by atoms with E-state index >= 15 is 0 Å². The second-order valence-corrected chi connectivity index (χ2v) is 5.21. The van der Waals surface area contributed by atoms with Crippen LogP contribution in [0.5, 0.6) is 0 Å². The van der Waals surface area contributed by atoms with Crippen LogP contribution >= 0.6 is 0 Å². The van der Waals surface area contributed by atoms with Crippen molar-refractivity contribution >= 4 is 11.8 Å². The van der Waals surface area contributed by atoms with Crippen LogP contribution in [0.25, 0.3) is 0 Å². The normalized spacial score (nSPS) is 23.5. The molecule has 0 bridgehead atoms. The monoisotopic (exact) mass is 255 g/mol. The summed E-state index contributed by atoms with van der Waals surface area (Å²) in [6, 6.07) is 0.164. The van der Waals surface area contributed by atoms with Gasteiger partial charge in [0.15, 0.2) is 0 Å². The zero-order valence-corrected chi connectivity index (χ0v) is 11.7. The summed E-state index contributed by atoms with van der Waals surface area (Å²) in [6.07, 6.45) is 4.23. The summed E-state index contributed by atoms with van der Waals surface area (Å²) in [7, 11) is 5.41. The minimum absolute atomic E-state index is 0.0725. The molecule has 2 amide bonds. The maximum atomic E-state index is 11.9. The van der Waals surface area contributed by atoms with Gasteiger partial charge in [0.05, 0.1) is 0 Å². The van der Waals surface area contributed by atoms with E-state index in [9.17, 15) is 9.59 Å². The average molecular weight is 255 g/mol. The number of carbonyl (C=O) groups excluding carboxylic acids is 2. The fourth-order valence-corrected chi connectivity index (χ4v) is 2.45. The first-order valence-electron chi connectivity index (χ1n) is 6.69. The Labute approximate surface area is 109 Å². The molecule has 1 fully saturated rings. The molecule has 2 atom stereocenters. The molecular weight excluding hydrogens is 230 g/mol. The van der Waals surface area contributed by atoms with Crippen LogP contribution in [-0.4, -0.2) is 50.4 Å². The van der Waals surface area contributed by atoms with Crippen LogP contribution < -0.4 is 10.6 Å². The van der Waals surface area contributed by atoms with E-state index in [1.165, 1.54) is 0 Å². The topological polar surface area (TPSA) is 61.4 Å². The molecule has 0 spiro atoms. The Balaban J connectivity index is 2.39. The van der Waals surface area contributed by atoms with Gasteiger partial charge in [-0.1, -0.05) is 6.42 Å². The van der Waals surface area contributed by atoms with Gasteiger partial charge < -0.3 is 15.5 Å². The minimum atomic E-state index is 0.0725. The van der Waals surface area contributed by atoms with E-state index in [0.29, 0.717) is 13.0 Å². The molecule has 1 saturated carbocycles. The van der Waals surface area contributed by atoms with Crippen LogP contribution in [0.3, 0.4) is 0 Å². The van der Waals surface area contributed by atoms with Gasteiger partial charge in [-0.2, -0.15) is 0 Å². The molecule has 18 heavy (non-hydrogen) atoms. The summed E-state index contributed by atoms with van der Waals surface area (Å²) in [5.41, 5.74) is 0. The third-order valence-electron chi connectivity index (χ3n) is 3.43. The molecule has 5 nitrogen and oxygen atoms in total. The van der Waals surface area contributed by atoms with Gasteiger partial charge >= 0.3 is 0 Å². The molecule has 0 aromatic heterocycles. The van der Waals surface area contributed by atoms with E-state index in [4.69, 9.17) is 0 Å². The van der Waals surface area contributed by atoms with Crippen LogP contribution in [0.15, 0.2) is 0 Å². The van der Waals surface area contributed by atoms with Crippen molar-refractivity contribution in [1.29, 1.82) is 0 Å². The smallest absolute Gasteiger partial charge is 0.225 e. The highest BCUT2D eigenvalue weighted by Crippen LogP contribution is 2.25. The Kier molecular flexibility index (Phi) is 6.12.